The Morgan fingerprint density at radius 3 is 2.42 bits per heavy atom. The number of nitrogens with one attached hydrogen (secondary N) is 2. The highest BCUT2D eigenvalue weighted by Crippen LogP contribution is 2.29. The van der Waals surface area contributed by atoms with E-state index in [1.165, 1.54) is 0 Å². The lowest BCUT2D eigenvalue weighted by Gasteiger charge is -2.21. The van der Waals surface area contributed by atoms with Crippen LogP contribution < -0.4 is 21.1 Å². The van der Waals surface area contributed by atoms with E-state index in [1.54, 1.807) is 55.5 Å². The molecule has 40 heavy (non-hydrogen) atoms. The minimum atomic E-state index is -0.969. The van der Waals surface area contributed by atoms with Crippen molar-refractivity contribution >= 4 is 29.1 Å². The number of aliphatic hydroxyl groups is 2. The number of hydrogen-bond acceptors (Lipinski definition) is 8. The first-order valence-electron chi connectivity index (χ1n) is 12.6. The SMILES string of the molecule is Cc1ccc(NCc2cc(CO)cc(OC(C)CO)c2CCC(=O)O)c(C(=O)Nc2ccc(/C(N)=N/O)cc2)c1. The first-order valence-corrected chi connectivity index (χ1v) is 12.6. The Hall–Kier alpha value is -4.61. The number of amidine groups is 1. The lowest BCUT2D eigenvalue weighted by Crippen LogP contribution is -2.19. The number of benzene rings is 3. The van der Waals surface area contributed by atoms with Crippen LogP contribution in [0.15, 0.2) is 59.8 Å². The van der Waals surface area contributed by atoms with E-state index in [0.29, 0.717) is 44.9 Å². The van der Waals surface area contributed by atoms with Crippen LogP contribution in [0.2, 0.25) is 0 Å². The number of aliphatic carboxylic acids is 1. The van der Waals surface area contributed by atoms with Crippen LogP contribution >= 0.6 is 0 Å². The van der Waals surface area contributed by atoms with Crippen molar-refractivity contribution in [2.75, 3.05) is 17.2 Å². The second-order valence-corrected chi connectivity index (χ2v) is 9.31. The van der Waals surface area contributed by atoms with Gasteiger partial charge in [-0.15, -0.1) is 0 Å². The van der Waals surface area contributed by atoms with Gasteiger partial charge in [0.15, 0.2) is 5.84 Å². The summed E-state index contributed by atoms with van der Waals surface area (Å²) in [4.78, 5) is 24.6. The summed E-state index contributed by atoms with van der Waals surface area (Å²) in [6.07, 6.45) is -0.497. The molecule has 212 valence electrons. The molecule has 11 nitrogen and oxygen atoms in total. The summed E-state index contributed by atoms with van der Waals surface area (Å²) in [5.41, 5.74) is 10.3. The number of carbonyl (C=O) groups is 2. The van der Waals surface area contributed by atoms with E-state index in [2.05, 4.69) is 15.8 Å². The van der Waals surface area contributed by atoms with Gasteiger partial charge in [0.2, 0.25) is 0 Å². The first kappa shape index (κ1) is 29.9. The first-order chi connectivity index (χ1) is 19.1. The molecule has 0 radical (unpaired) electrons. The molecule has 3 rings (SSSR count). The topological polar surface area (TPSA) is 187 Å². The van der Waals surface area contributed by atoms with Gasteiger partial charge in [0.1, 0.15) is 11.9 Å². The lowest BCUT2D eigenvalue weighted by atomic mass is 9.98. The highest BCUT2D eigenvalue weighted by Gasteiger charge is 2.18. The van der Waals surface area contributed by atoms with Crippen molar-refractivity contribution in [1.82, 2.24) is 0 Å². The molecular weight excluding hydrogens is 516 g/mol. The summed E-state index contributed by atoms with van der Waals surface area (Å²) in [5.74, 6) is -0.985. The van der Waals surface area contributed by atoms with E-state index in [-0.39, 0.29) is 44.3 Å². The average Bonchev–Trinajstić information content (AvgIpc) is 2.95. The molecule has 0 aromatic heterocycles. The maximum absolute atomic E-state index is 13.2. The van der Waals surface area contributed by atoms with Gasteiger partial charge in [0.25, 0.3) is 5.91 Å². The zero-order valence-electron chi connectivity index (χ0n) is 22.3. The van der Waals surface area contributed by atoms with Gasteiger partial charge in [0.05, 0.1) is 18.8 Å². The third kappa shape index (κ3) is 7.95. The Morgan fingerprint density at radius 2 is 1.80 bits per heavy atom. The van der Waals surface area contributed by atoms with Gasteiger partial charge < -0.3 is 41.6 Å². The van der Waals surface area contributed by atoms with Crippen LogP contribution in [0.25, 0.3) is 0 Å². The zero-order valence-corrected chi connectivity index (χ0v) is 22.3. The second-order valence-electron chi connectivity index (χ2n) is 9.31. The van der Waals surface area contributed by atoms with Crippen LogP contribution in [0.5, 0.6) is 5.75 Å². The van der Waals surface area contributed by atoms with Crippen molar-refractivity contribution in [1.29, 1.82) is 0 Å². The Bertz CT molecular complexity index is 1370. The molecule has 3 aromatic rings. The van der Waals surface area contributed by atoms with Gasteiger partial charge in [-0.2, -0.15) is 0 Å². The molecule has 0 fully saturated rings. The summed E-state index contributed by atoms with van der Waals surface area (Å²) in [6.45, 7) is 3.27. The molecule has 0 heterocycles. The third-order valence-corrected chi connectivity index (χ3v) is 6.15. The Labute approximate surface area is 231 Å². The number of amides is 1. The van der Waals surface area contributed by atoms with E-state index in [0.717, 1.165) is 5.56 Å². The number of carboxylic acid groups (broad SMARTS) is 1. The molecule has 8 N–H and O–H groups in total. The summed E-state index contributed by atoms with van der Waals surface area (Å²) >= 11 is 0. The molecule has 0 aliphatic rings. The van der Waals surface area contributed by atoms with Gasteiger partial charge in [-0.3, -0.25) is 9.59 Å². The predicted octanol–water partition coefficient (Wildman–Crippen LogP) is 3.22. The summed E-state index contributed by atoms with van der Waals surface area (Å²) < 4.78 is 5.86. The predicted molar refractivity (Wildman–Crippen MR) is 151 cm³/mol. The van der Waals surface area contributed by atoms with E-state index >= 15 is 0 Å². The third-order valence-electron chi connectivity index (χ3n) is 6.15. The van der Waals surface area contributed by atoms with E-state index in [4.69, 9.17) is 15.7 Å². The smallest absolute Gasteiger partial charge is 0.303 e. The normalized spacial score (nSPS) is 12.1. The average molecular weight is 551 g/mol. The second kappa shape index (κ2) is 14.0. The molecule has 0 saturated carbocycles. The molecule has 0 aliphatic carbocycles. The number of oxime groups is 1. The Morgan fingerprint density at radius 1 is 1.07 bits per heavy atom. The quantitative estimate of drug-likeness (QED) is 0.0726. The van der Waals surface area contributed by atoms with E-state index < -0.39 is 12.1 Å². The van der Waals surface area contributed by atoms with Crippen LogP contribution in [-0.2, 0) is 24.4 Å². The summed E-state index contributed by atoms with van der Waals surface area (Å²) in [5, 5.41) is 46.5. The number of nitrogens with zero attached hydrogens (tertiary/aromatic N) is 1. The molecule has 0 spiro atoms. The Balaban J connectivity index is 1.90. The van der Waals surface area contributed by atoms with Gasteiger partial charge >= 0.3 is 5.97 Å². The van der Waals surface area contributed by atoms with Crippen LogP contribution in [0.3, 0.4) is 0 Å². The van der Waals surface area contributed by atoms with E-state index in [1.807, 2.05) is 13.0 Å². The van der Waals surface area contributed by atoms with Crippen molar-refractivity contribution in [3.05, 3.63) is 88.0 Å². The number of carboxylic acids is 1. The maximum atomic E-state index is 13.2. The highest BCUT2D eigenvalue weighted by atomic mass is 16.5. The fourth-order valence-corrected chi connectivity index (χ4v) is 4.06. The molecule has 0 saturated heterocycles. The fraction of sp³-hybridized carbons (Fsp3) is 0.276. The molecular formula is C29H34N4O7. The lowest BCUT2D eigenvalue weighted by molar-refractivity contribution is -0.136. The Kier molecular flexibility index (Phi) is 10.5. The number of aryl methyl sites for hydroxylation is 1. The van der Waals surface area contributed by atoms with Crippen LogP contribution in [-0.4, -0.2) is 50.9 Å². The van der Waals surface area contributed by atoms with Crippen LogP contribution in [0.1, 0.15) is 51.5 Å². The number of carbonyl (C=O) groups excluding carboxylic acids is 1. The van der Waals surface area contributed by atoms with Gasteiger partial charge in [-0.25, -0.2) is 0 Å². The van der Waals surface area contributed by atoms with Gasteiger partial charge in [-0.05, 0) is 79.4 Å². The molecule has 0 bridgehead atoms. The van der Waals surface area contributed by atoms with Crippen LogP contribution in [0, 0.1) is 6.92 Å². The molecule has 1 amide bonds. The largest absolute Gasteiger partial charge is 0.488 e. The molecule has 0 aliphatic heterocycles. The van der Waals surface area contributed by atoms with Crippen molar-refractivity contribution in [2.45, 2.75) is 45.9 Å². The summed E-state index contributed by atoms with van der Waals surface area (Å²) in [7, 11) is 0. The van der Waals surface area contributed by atoms with Crippen LogP contribution in [0.4, 0.5) is 11.4 Å². The van der Waals surface area contributed by atoms with Gasteiger partial charge in [-0.1, -0.05) is 22.9 Å². The van der Waals surface area contributed by atoms with Crippen molar-refractivity contribution in [2.24, 2.45) is 10.9 Å². The molecule has 1 atom stereocenters. The number of anilines is 2. The number of hydrogen-bond donors (Lipinski definition) is 7. The molecule has 11 heteroatoms. The monoisotopic (exact) mass is 550 g/mol. The van der Waals surface area contributed by atoms with Gasteiger partial charge in [0, 0.05) is 29.9 Å². The summed E-state index contributed by atoms with van der Waals surface area (Å²) in [6, 6.07) is 15.3. The van der Waals surface area contributed by atoms with Crippen molar-refractivity contribution in [3.63, 3.8) is 0 Å². The molecule has 1 unspecified atom stereocenters. The standard InChI is InChI=1S/C29H34N4O7/c1-17-3-9-25(24(11-17)29(38)32-22-6-4-20(5-7-22)28(30)33-39)31-14-21-12-19(16-35)13-26(40-18(2)15-34)23(21)8-10-27(36)37/h3-7,9,11-13,18,31,34-35,39H,8,10,14-16H2,1-2H3,(H2,30,33)(H,32,38)(H,36,37). The van der Waals surface area contributed by atoms with Crippen molar-refractivity contribution in [3.8, 4) is 5.75 Å². The zero-order chi connectivity index (χ0) is 29.2. The minimum Gasteiger partial charge on any atom is -0.488 e. The highest BCUT2D eigenvalue weighted by molar-refractivity contribution is 6.08. The minimum absolute atomic E-state index is 0.0459. The number of nitrogens with two attached hydrogens (primary N) is 1. The fourth-order valence-electron chi connectivity index (χ4n) is 4.06. The molecule has 3 aromatic carbocycles. The van der Waals surface area contributed by atoms with E-state index in [9.17, 15) is 24.9 Å². The maximum Gasteiger partial charge on any atom is 0.303 e. The number of ether oxygens (including phenoxy) is 1. The number of aliphatic hydroxyl groups excluding tert-OH is 2. The number of rotatable bonds is 13. The van der Waals surface area contributed by atoms with Crippen molar-refractivity contribution < 1.29 is 34.9 Å².